The maximum absolute atomic E-state index is 6.10. The number of nitrogens with one attached hydrogen (secondary N) is 2. The second-order valence-electron chi connectivity index (χ2n) is 4.16. The zero-order valence-electron chi connectivity index (χ0n) is 11.0. The lowest BCUT2D eigenvalue weighted by Crippen LogP contribution is -2.03. The number of halogens is 2. The van der Waals surface area contributed by atoms with E-state index in [-0.39, 0.29) is 0 Å². The van der Waals surface area contributed by atoms with Crippen molar-refractivity contribution >= 4 is 40.3 Å². The Labute approximate surface area is 130 Å². The summed E-state index contributed by atoms with van der Waals surface area (Å²) in [5.41, 5.74) is 1.10. The van der Waals surface area contributed by atoms with Crippen molar-refractivity contribution in [1.82, 2.24) is 19.9 Å². The smallest absolute Gasteiger partial charge is 0.250 e. The summed E-state index contributed by atoms with van der Waals surface area (Å²) in [7, 11) is 0. The predicted octanol–water partition coefficient (Wildman–Crippen LogP) is 3.88. The third-order valence-electron chi connectivity index (χ3n) is 2.69. The Hall–Kier alpha value is -2.05. The lowest BCUT2D eigenvalue weighted by Gasteiger charge is -2.09. The van der Waals surface area contributed by atoms with Crippen molar-refractivity contribution in [1.29, 1.82) is 0 Å². The van der Waals surface area contributed by atoms with E-state index in [1.54, 1.807) is 18.2 Å². The fourth-order valence-corrected chi connectivity index (χ4v) is 2.10. The SMILES string of the molecule is CCNc1nc(Oc2cc(Cl)ccc2Cl)c2[nH]cnc2n1. The molecular weight excluding hydrogens is 313 g/mol. The summed E-state index contributed by atoms with van der Waals surface area (Å²) in [5, 5.41) is 3.99. The van der Waals surface area contributed by atoms with E-state index in [1.165, 1.54) is 6.33 Å². The van der Waals surface area contributed by atoms with Crippen LogP contribution in [0.5, 0.6) is 11.6 Å². The number of imidazole rings is 1. The van der Waals surface area contributed by atoms with Gasteiger partial charge < -0.3 is 15.0 Å². The van der Waals surface area contributed by atoms with Gasteiger partial charge in [0.25, 0.3) is 5.88 Å². The highest BCUT2D eigenvalue weighted by molar-refractivity contribution is 6.34. The average Bonchev–Trinajstić information content (AvgIpc) is 2.92. The molecule has 8 heteroatoms. The van der Waals surface area contributed by atoms with Gasteiger partial charge in [-0.05, 0) is 19.1 Å². The van der Waals surface area contributed by atoms with E-state index in [2.05, 4.69) is 25.3 Å². The van der Waals surface area contributed by atoms with Gasteiger partial charge in [-0.2, -0.15) is 9.97 Å². The summed E-state index contributed by atoms with van der Waals surface area (Å²) >= 11 is 12.1. The van der Waals surface area contributed by atoms with Crippen LogP contribution in [0.1, 0.15) is 6.92 Å². The molecule has 0 atom stereocenters. The normalized spacial score (nSPS) is 10.8. The molecule has 0 saturated carbocycles. The molecular formula is C13H11Cl2N5O. The van der Waals surface area contributed by atoms with Crippen molar-refractivity contribution in [3.63, 3.8) is 0 Å². The van der Waals surface area contributed by atoms with Gasteiger partial charge in [-0.25, -0.2) is 4.98 Å². The molecule has 21 heavy (non-hydrogen) atoms. The minimum absolute atomic E-state index is 0.331. The van der Waals surface area contributed by atoms with Gasteiger partial charge in [0.1, 0.15) is 11.3 Å². The zero-order valence-corrected chi connectivity index (χ0v) is 12.5. The Kier molecular flexibility index (Phi) is 3.81. The molecule has 6 nitrogen and oxygen atoms in total. The Morgan fingerprint density at radius 3 is 2.95 bits per heavy atom. The van der Waals surface area contributed by atoms with Gasteiger partial charge >= 0.3 is 0 Å². The van der Waals surface area contributed by atoms with Crippen molar-refractivity contribution in [2.75, 3.05) is 11.9 Å². The molecule has 0 bridgehead atoms. The van der Waals surface area contributed by atoms with Gasteiger partial charge in [0.05, 0.1) is 11.3 Å². The highest BCUT2D eigenvalue weighted by atomic mass is 35.5. The predicted molar refractivity (Wildman–Crippen MR) is 82.4 cm³/mol. The number of aromatic amines is 1. The topological polar surface area (TPSA) is 75.7 Å². The van der Waals surface area contributed by atoms with Crippen LogP contribution in [0, 0.1) is 0 Å². The number of aromatic nitrogens is 4. The van der Waals surface area contributed by atoms with Gasteiger partial charge in [-0.1, -0.05) is 23.2 Å². The van der Waals surface area contributed by atoms with Gasteiger partial charge in [0.15, 0.2) is 5.65 Å². The number of hydrogen-bond acceptors (Lipinski definition) is 5. The van der Waals surface area contributed by atoms with Gasteiger partial charge in [-0.3, -0.25) is 0 Å². The van der Waals surface area contributed by atoms with Crippen LogP contribution in [0.2, 0.25) is 10.0 Å². The second-order valence-corrected chi connectivity index (χ2v) is 5.00. The van der Waals surface area contributed by atoms with Crippen molar-refractivity contribution in [2.45, 2.75) is 6.92 Å². The summed E-state index contributed by atoms with van der Waals surface area (Å²) < 4.78 is 5.77. The quantitative estimate of drug-likeness (QED) is 0.761. The summed E-state index contributed by atoms with van der Waals surface area (Å²) in [6, 6.07) is 4.98. The van der Waals surface area contributed by atoms with Crippen LogP contribution in [-0.4, -0.2) is 26.5 Å². The molecule has 3 aromatic rings. The molecule has 2 aromatic heterocycles. The van der Waals surface area contributed by atoms with Crippen LogP contribution < -0.4 is 10.1 Å². The third kappa shape index (κ3) is 2.86. The zero-order chi connectivity index (χ0) is 14.8. The van der Waals surface area contributed by atoms with Crippen LogP contribution >= 0.6 is 23.2 Å². The molecule has 0 radical (unpaired) electrons. The fourth-order valence-electron chi connectivity index (χ4n) is 1.78. The molecule has 108 valence electrons. The van der Waals surface area contributed by atoms with Crippen molar-refractivity contribution < 1.29 is 4.74 Å². The maximum Gasteiger partial charge on any atom is 0.250 e. The minimum atomic E-state index is 0.331. The van der Waals surface area contributed by atoms with Crippen LogP contribution in [0.4, 0.5) is 5.95 Å². The van der Waals surface area contributed by atoms with E-state index >= 15 is 0 Å². The van der Waals surface area contributed by atoms with Crippen LogP contribution in [0.3, 0.4) is 0 Å². The first-order chi connectivity index (χ1) is 10.2. The van der Waals surface area contributed by atoms with Gasteiger partial charge in [0.2, 0.25) is 5.95 Å². The highest BCUT2D eigenvalue weighted by Crippen LogP contribution is 2.33. The molecule has 1 aromatic carbocycles. The van der Waals surface area contributed by atoms with E-state index in [4.69, 9.17) is 27.9 Å². The van der Waals surface area contributed by atoms with Crippen molar-refractivity contribution in [3.8, 4) is 11.6 Å². The lowest BCUT2D eigenvalue weighted by molar-refractivity contribution is 0.468. The number of rotatable bonds is 4. The second kappa shape index (κ2) is 5.75. The van der Waals surface area contributed by atoms with E-state index in [0.717, 1.165) is 0 Å². The van der Waals surface area contributed by atoms with Gasteiger partial charge in [0, 0.05) is 17.6 Å². The van der Waals surface area contributed by atoms with Crippen LogP contribution in [0.15, 0.2) is 24.5 Å². The molecule has 3 rings (SSSR count). The number of benzene rings is 1. The molecule has 0 saturated heterocycles. The summed E-state index contributed by atoms with van der Waals surface area (Å²) in [6.07, 6.45) is 1.53. The largest absolute Gasteiger partial charge is 0.435 e. The maximum atomic E-state index is 6.10. The number of nitrogens with zero attached hydrogens (tertiary/aromatic N) is 3. The number of fused-ring (bicyclic) bond motifs is 1. The molecule has 2 heterocycles. The molecule has 0 amide bonds. The third-order valence-corrected chi connectivity index (χ3v) is 3.23. The Balaban J connectivity index is 2.06. The Morgan fingerprint density at radius 1 is 1.29 bits per heavy atom. The fraction of sp³-hybridized carbons (Fsp3) is 0.154. The summed E-state index contributed by atoms with van der Waals surface area (Å²) in [5.74, 6) is 1.18. The number of anilines is 1. The Bertz CT molecular complexity index is 789. The number of hydrogen-bond donors (Lipinski definition) is 2. The van der Waals surface area contributed by atoms with Crippen LogP contribution in [-0.2, 0) is 0 Å². The first kappa shape index (κ1) is 13.9. The van der Waals surface area contributed by atoms with E-state index in [1.807, 2.05) is 6.92 Å². The van der Waals surface area contributed by atoms with Gasteiger partial charge in [-0.15, -0.1) is 0 Å². The lowest BCUT2D eigenvalue weighted by atomic mass is 10.3. The molecule has 0 aliphatic rings. The molecule has 0 spiro atoms. The van der Waals surface area contributed by atoms with E-state index in [9.17, 15) is 0 Å². The molecule has 0 aliphatic carbocycles. The Morgan fingerprint density at radius 2 is 2.14 bits per heavy atom. The molecule has 2 N–H and O–H groups in total. The standard InChI is InChI=1S/C13H11Cl2N5O/c1-2-16-13-19-11-10(17-6-18-11)12(20-13)21-9-5-7(14)3-4-8(9)15/h3-6H,2H2,1H3,(H2,16,17,18,19,20). The van der Waals surface area contributed by atoms with Crippen molar-refractivity contribution in [3.05, 3.63) is 34.6 Å². The van der Waals surface area contributed by atoms with Crippen molar-refractivity contribution in [2.24, 2.45) is 0 Å². The van der Waals surface area contributed by atoms with E-state index in [0.29, 0.717) is 45.3 Å². The monoisotopic (exact) mass is 323 g/mol. The minimum Gasteiger partial charge on any atom is -0.435 e. The first-order valence-electron chi connectivity index (χ1n) is 6.25. The first-order valence-corrected chi connectivity index (χ1v) is 7.01. The average molecular weight is 324 g/mol. The van der Waals surface area contributed by atoms with E-state index < -0.39 is 0 Å². The molecule has 0 aliphatic heterocycles. The molecule has 0 unspecified atom stereocenters. The summed E-state index contributed by atoms with van der Waals surface area (Å²) in [4.78, 5) is 15.6. The number of H-pyrrole nitrogens is 1. The van der Waals surface area contributed by atoms with Crippen LogP contribution in [0.25, 0.3) is 11.2 Å². The summed E-state index contributed by atoms with van der Waals surface area (Å²) in [6.45, 7) is 2.64. The number of ether oxygens (including phenoxy) is 1. The molecule has 0 fully saturated rings. The highest BCUT2D eigenvalue weighted by Gasteiger charge is 2.13.